The van der Waals surface area contributed by atoms with E-state index in [1.807, 2.05) is 0 Å². The number of nitrogens with one attached hydrogen (secondary N) is 1. The maximum atomic E-state index is 11.0. The Balaban J connectivity index is 4.60. The van der Waals surface area contributed by atoms with Gasteiger partial charge in [-0.2, -0.15) is 0 Å². The van der Waals surface area contributed by atoms with Crippen LogP contribution in [0.4, 0.5) is 4.79 Å². The monoisotopic (exact) mass is 262 g/mol. The third kappa shape index (κ3) is 6.56. The van der Waals surface area contributed by atoms with Crippen LogP contribution in [0.2, 0.25) is 12.1 Å². The molecule has 0 aliphatic rings. The molecule has 7 nitrogen and oxygen atoms in total. The van der Waals surface area contributed by atoms with Crippen LogP contribution in [0.5, 0.6) is 0 Å². The highest BCUT2D eigenvalue weighted by atomic mass is 28.4. The average molecular weight is 262 g/mol. The molecule has 3 N–H and O–H groups in total. The van der Waals surface area contributed by atoms with E-state index in [4.69, 9.17) is 14.6 Å². The first kappa shape index (κ1) is 15.4. The van der Waals surface area contributed by atoms with E-state index >= 15 is 0 Å². The summed E-state index contributed by atoms with van der Waals surface area (Å²) in [7, 11) is -2.93. The van der Waals surface area contributed by atoms with Gasteiger partial charge in [-0.15, -0.1) is 0 Å². The summed E-state index contributed by atoms with van der Waals surface area (Å²) in [4.78, 5) is 32.5. The molecule has 0 unspecified atom stereocenters. The second kappa shape index (κ2) is 6.89. The van der Waals surface area contributed by atoms with E-state index in [0.717, 1.165) is 0 Å². The fourth-order valence-electron chi connectivity index (χ4n) is 1.34. The number of hydrogen-bond donors (Lipinski definition) is 2. The molecule has 0 rings (SSSR count). The Morgan fingerprint density at radius 2 is 1.65 bits per heavy atom. The summed E-state index contributed by atoms with van der Waals surface area (Å²) in [6.07, 6.45) is 0. The van der Waals surface area contributed by atoms with E-state index in [9.17, 15) is 14.4 Å². The minimum atomic E-state index is -2.93. The standard InChI is InChI=1S/C9H18N2O5Si/c1-4-17(15-7(2)12,16-8(3)13)6-5-11-9(10)14/h4-6H2,1-3H3,(H3,10,11,14). The highest BCUT2D eigenvalue weighted by molar-refractivity contribution is 6.70. The van der Waals surface area contributed by atoms with Gasteiger partial charge < -0.3 is 19.9 Å². The first-order valence-corrected chi connectivity index (χ1v) is 7.47. The first-order chi connectivity index (χ1) is 7.81. The lowest BCUT2D eigenvalue weighted by Crippen LogP contribution is -2.47. The third-order valence-corrected chi connectivity index (χ3v) is 5.41. The Morgan fingerprint density at radius 1 is 1.18 bits per heavy atom. The second-order valence-electron chi connectivity index (χ2n) is 3.49. The van der Waals surface area contributed by atoms with Crippen molar-refractivity contribution in [2.24, 2.45) is 5.73 Å². The van der Waals surface area contributed by atoms with E-state index in [2.05, 4.69) is 5.32 Å². The van der Waals surface area contributed by atoms with E-state index in [1.54, 1.807) is 6.92 Å². The number of hydrogen-bond acceptors (Lipinski definition) is 5. The Hall–Kier alpha value is -1.57. The lowest BCUT2D eigenvalue weighted by Gasteiger charge is -2.27. The van der Waals surface area contributed by atoms with Crippen molar-refractivity contribution >= 4 is 26.5 Å². The highest BCUT2D eigenvalue weighted by Gasteiger charge is 2.41. The zero-order valence-electron chi connectivity index (χ0n) is 10.2. The minimum absolute atomic E-state index is 0.204. The third-order valence-electron chi connectivity index (χ3n) is 2.00. The molecule has 0 heterocycles. The van der Waals surface area contributed by atoms with Crippen LogP contribution >= 0.6 is 0 Å². The van der Waals surface area contributed by atoms with E-state index < -0.39 is 26.5 Å². The molecule has 0 aromatic heterocycles. The van der Waals surface area contributed by atoms with Gasteiger partial charge in [0.2, 0.25) is 0 Å². The lowest BCUT2D eigenvalue weighted by molar-refractivity contribution is -0.139. The van der Waals surface area contributed by atoms with Gasteiger partial charge in [-0.3, -0.25) is 9.59 Å². The van der Waals surface area contributed by atoms with Crippen LogP contribution in [0, 0.1) is 0 Å². The molecule has 0 atom stereocenters. The maximum Gasteiger partial charge on any atom is 0.465 e. The zero-order chi connectivity index (χ0) is 13.5. The molecular weight excluding hydrogens is 244 g/mol. The largest absolute Gasteiger partial charge is 0.485 e. The van der Waals surface area contributed by atoms with Crippen molar-refractivity contribution in [2.75, 3.05) is 6.54 Å². The van der Waals surface area contributed by atoms with E-state index in [1.165, 1.54) is 13.8 Å². The Kier molecular flexibility index (Phi) is 6.25. The molecule has 2 amide bonds. The minimum Gasteiger partial charge on any atom is -0.485 e. The van der Waals surface area contributed by atoms with E-state index in [-0.39, 0.29) is 12.6 Å². The number of rotatable bonds is 6. The summed E-state index contributed by atoms with van der Waals surface area (Å²) in [6.45, 7) is 4.48. The summed E-state index contributed by atoms with van der Waals surface area (Å²) in [6, 6.07) is 0.0349. The second-order valence-corrected chi connectivity index (χ2v) is 6.93. The molecule has 0 aromatic carbocycles. The molecule has 98 valence electrons. The van der Waals surface area contributed by atoms with Gasteiger partial charge in [0, 0.05) is 32.5 Å². The van der Waals surface area contributed by atoms with Crippen LogP contribution in [0.15, 0.2) is 0 Å². The van der Waals surface area contributed by atoms with Crippen LogP contribution in [-0.4, -0.2) is 33.1 Å². The first-order valence-electron chi connectivity index (χ1n) is 5.24. The molecule has 0 aliphatic heterocycles. The lowest BCUT2D eigenvalue weighted by atomic mass is 10.7. The van der Waals surface area contributed by atoms with Gasteiger partial charge in [0.25, 0.3) is 11.9 Å². The fraction of sp³-hybridized carbons (Fsp3) is 0.667. The van der Waals surface area contributed by atoms with Gasteiger partial charge >= 0.3 is 14.6 Å². The smallest absolute Gasteiger partial charge is 0.465 e. The Bertz CT molecular complexity index is 292. The topological polar surface area (TPSA) is 108 Å². The van der Waals surface area contributed by atoms with E-state index in [0.29, 0.717) is 6.04 Å². The Labute approximate surface area is 101 Å². The average Bonchev–Trinajstić information content (AvgIpc) is 2.14. The van der Waals surface area contributed by atoms with Gasteiger partial charge in [0.15, 0.2) is 0 Å². The predicted molar refractivity (Wildman–Crippen MR) is 62.2 cm³/mol. The number of carbonyl (C=O) groups is 3. The summed E-state index contributed by atoms with van der Waals surface area (Å²) in [5.41, 5.74) is 4.92. The summed E-state index contributed by atoms with van der Waals surface area (Å²) < 4.78 is 10.3. The van der Waals surface area contributed by atoms with Crippen molar-refractivity contribution in [3.05, 3.63) is 0 Å². The molecule has 0 fully saturated rings. The molecule has 0 aliphatic carbocycles. The summed E-state index contributed by atoms with van der Waals surface area (Å²) in [5, 5.41) is 2.37. The normalized spacial score (nSPS) is 10.5. The van der Waals surface area contributed by atoms with Crippen molar-refractivity contribution in [3.8, 4) is 0 Å². The van der Waals surface area contributed by atoms with Crippen LogP contribution in [0.1, 0.15) is 20.8 Å². The molecule has 0 aromatic rings. The van der Waals surface area contributed by atoms with Crippen LogP contribution in [0.25, 0.3) is 0 Å². The van der Waals surface area contributed by atoms with Gasteiger partial charge in [-0.05, 0) is 0 Å². The van der Waals surface area contributed by atoms with Gasteiger partial charge in [0.05, 0.1) is 0 Å². The quantitative estimate of drug-likeness (QED) is 0.667. The zero-order valence-corrected chi connectivity index (χ0v) is 11.2. The van der Waals surface area contributed by atoms with Crippen molar-refractivity contribution in [1.82, 2.24) is 5.32 Å². The number of primary amides is 1. The number of nitrogens with two attached hydrogens (primary N) is 1. The number of urea groups is 1. The Morgan fingerprint density at radius 3 is 1.94 bits per heavy atom. The van der Waals surface area contributed by atoms with Crippen LogP contribution in [0.3, 0.4) is 0 Å². The van der Waals surface area contributed by atoms with Crippen molar-refractivity contribution < 1.29 is 23.2 Å². The van der Waals surface area contributed by atoms with Gasteiger partial charge in [-0.25, -0.2) is 4.79 Å². The highest BCUT2D eigenvalue weighted by Crippen LogP contribution is 2.19. The van der Waals surface area contributed by atoms with Crippen molar-refractivity contribution in [2.45, 2.75) is 32.9 Å². The molecule has 17 heavy (non-hydrogen) atoms. The summed E-state index contributed by atoms with van der Waals surface area (Å²) >= 11 is 0. The molecule has 0 saturated heterocycles. The SMILES string of the molecule is CC[Si](CCNC(N)=O)(OC(C)=O)OC(C)=O. The maximum absolute atomic E-state index is 11.0. The predicted octanol–water partition coefficient (Wildman–Crippen LogP) is 0.243. The molecule has 8 heteroatoms. The fourth-order valence-corrected chi connectivity index (χ4v) is 3.79. The van der Waals surface area contributed by atoms with Crippen LogP contribution in [-0.2, 0) is 18.4 Å². The van der Waals surface area contributed by atoms with Gasteiger partial charge in [0.1, 0.15) is 0 Å². The number of amides is 2. The molecule has 0 spiro atoms. The molecule has 0 radical (unpaired) electrons. The summed E-state index contributed by atoms with van der Waals surface area (Å²) in [5.74, 6) is -1.00. The molecular formula is C9H18N2O5Si. The van der Waals surface area contributed by atoms with Gasteiger partial charge in [-0.1, -0.05) is 6.92 Å². The molecule has 0 saturated carbocycles. The van der Waals surface area contributed by atoms with Crippen molar-refractivity contribution in [1.29, 1.82) is 0 Å². The number of carbonyl (C=O) groups excluding carboxylic acids is 3. The van der Waals surface area contributed by atoms with Crippen molar-refractivity contribution in [3.63, 3.8) is 0 Å². The molecule has 0 bridgehead atoms. The van der Waals surface area contributed by atoms with Crippen LogP contribution < -0.4 is 11.1 Å².